The van der Waals surface area contributed by atoms with Crippen LogP contribution in [-0.4, -0.2) is 35.4 Å². The molecule has 1 aliphatic heterocycles. The van der Waals surface area contributed by atoms with Gasteiger partial charge in [0.1, 0.15) is 11.5 Å². The summed E-state index contributed by atoms with van der Waals surface area (Å²) in [6.07, 6.45) is 4.65. The minimum Gasteiger partial charge on any atom is -0.461 e. The number of amides is 1. The lowest BCUT2D eigenvalue weighted by Gasteiger charge is -2.36. The van der Waals surface area contributed by atoms with Crippen LogP contribution >= 0.6 is 12.4 Å². The van der Waals surface area contributed by atoms with E-state index in [0.29, 0.717) is 19.4 Å². The number of furan rings is 1. The molecule has 0 radical (unpaired) electrons. The van der Waals surface area contributed by atoms with Crippen LogP contribution in [-0.2, 0) is 11.2 Å². The van der Waals surface area contributed by atoms with E-state index in [4.69, 9.17) is 4.42 Å². The molecule has 5 nitrogen and oxygen atoms in total. The van der Waals surface area contributed by atoms with Gasteiger partial charge in [-0.1, -0.05) is 36.4 Å². The standard InChI is InChI=1S/C22H23N3O2.ClH/c26-22(25-14-13-24-16-20(25)18-7-4-12-23-15-18)11-9-19-8-10-21(27-19)17-5-2-1-3-6-17;/h1-8,10,12,15,20,24H,9,11,13-14,16H2;1H. The van der Waals surface area contributed by atoms with Gasteiger partial charge >= 0.3 is 0 Å². The van der Waals surface area contributed by atoms with Gasteiger partial charge in [-0.05, 0) is 23.8 Å². The highest BCUT2D eigenvalue weighted by Crippen LogP contribution is 2.25. The molecule has 0 aliphatic carbocycles. The second kappa shape index (κ2) is 9.53. The summed E-state index contributed by atoms with van der Waals surface area (Å²) >= 11 is 0. The van der Waals surface area contributed by atoms with E-state index in [9.17, 15) is 4.79 Å². The predicted octanol–water partition coefficient (Wildman–Crippen LogP) is 3.87. The zero-order chi connectivity index (χ0) is 18.5. The quantitative estimate of drug-likeness (QED) is 0.710. The van der Waals surface area contributed by atoms with Crippen molar-refractivity contribution in [3.05, 3.63) is 78.3 Å². The average molecular weight is 398 g/mol. The summed E-state index contributed by atoms with van der Waals surface area (Å²) < 4.78 is 5.93. The number of nitrogens with one attached hydrogen (secondary N) is 1. The maximum absolute atomic E-state index is 12.9. The number of halogens is 1. The molecule has 1 atom stereocenters. The molecule has 1 unspecified atom stereocenters. The van der Waals surface area contributed by atoms with Crippen molar-refractivity contribution in [2.75, 3.05) is 19.6 Å². The normalized spacial score (nSPS) is 16.4. The van der Waals surface area contributed by atoms with Gasteiger partial charge in [-0.15, -0.1) is 12.4 Å². The smallest absolute Gasteiger partial charge is 0.223 e. The fraction of sp³-hybridized carbons (Fsp3) is 0.273. The van der Waals surface area contributed by atoms with Crippen molar-refractivity contribution >= 4 is 18.3 Å². The highest BCUT2D eigenvalue weighted by molar-refractivity contribution is 5.85. The molecule has 6 heteroatoms. The van der Waals surface area contributed by atoms with Crippen LogP contribution in [0.1, 0.15) is 23.8 Å². The van der Waals surface area contributed by atoms with Crippen molar-refractivity contribution in [3.63, 3.8) is 0 Å². The third-order valence-corrected chi connectivity index (χ3v) is 4.94. The predicted molar refractivity (Wildman–Crippen MR) is 111 cm³/mol. The lowest BCUT2D eigenvalue weighted by atomic mass is 10.0. The van der Waals surface area contributed by atoms with Crippen LogP contribution in [0.4, 0.5) is 0 Å². The van der Waals surface area contributed by atoms with Crippen molar-refractivity contribution in [2.24, 2.45) is 0 Å². The first-order chi connectivity index (χ1) is 13.3. The number of piperazine rings is 1. The molecule has 1 aliphatic rings. The van der Waals surface area contributed by atoms with E-state index in [1.54, 1.807) is 6.20 Å². The Balaban J connectivity index is 0.00000225. The number of rotatable bonds is 5. The Bertz CT molecular complexity index is 883. The van der Waals surface area contributed by atoms with Gasteiger partial charge in [0, 0.05) is 50.4 Å². The third kappa shape index (κ3) is 4.61. The van der Waals surface area contributed by atoms with E-state index in [2.05, 4.69) is 10.3 Å². The molecule has 1 saturated heterocycles. The average Bonchev–Trinajstić information content (AvgIpc) is 3.22. The van der Waals surface area contributed by atoms with Gasteiger partial charge in [-0.3, -0.25) is 9.78 Å². The Morgan fingerprint density at radius 3 is 2.79 bits per heavy atom. The molecule has 1 fully saturated rings. The van der Waals surface area contributed by atoms with Crippen LogP contribution in [0, 0.1) is 0 Å². The van der Waals surface area contributed by atoms with Crippen molar-refractivity contribution < 1.29 is 9.21 Å². The van der Waals surface area contributed by atoms with Crippen molar-refractivity contribution in [1.29, 1.82) is 0 Å². The zero-order valence-corrected chi connectivity index (χ0v) is 16.4. The highest BCUT2D eigenvalue weighted by Gasteiger charge is 2.27. The molecule has 0 bridgehead atoms. The fourth-order valence-corrected chi connectivity index (χ4v) is 3.52. The van der Waals surface area contributed by atoms with Gasteiger partial charge < -0.3 is 14.6 Å². The zero-order valence-electron chi connectivity index (χ0n) is 15.6. The first kappa shape index (κ1) is 20.1. The Morgan fingerprint density at radius 2 is 2.00 bits per heavy atom. The molecular formula is C22H24ClN3O2. The van der Waals surface area contributed by atoms with Crippen LogP contribution in [0.15, 0.2) is 71.4 Å². The van der Waals surface area contributed by atoms with Gasteiger partial charge in [-0.2, -0.15) is 0 Å². The number of carbonyl (C=O) groups excluding carboxylic acids is 1. The Hall–Kier alpha value is -2.63. The summed E-state index contributed by atoms with van der Waals surface area (Å²) in [5.74, 6) is 1.84. The van der Waals surface area contributed by atoms with Crippen LogP contribution in [0.25, 0.3) is 11.3 Å². The van der Waals surface area contributed by atoms with Crippen molar-refractivity contribution in [1.82, 2.24) is 15.2 Å². The monoisotopic (exact) mass is 397 g/mol. The first-order valence-corrected chi connectivity index (χ1v) is 9.35. The fourth-order valence-electron chi connectivity index (χ4n) is 3.52. The van der Waals surface area contributed by atoms with Gasteiger partial charge in [0.15, 0.2) is 0 Å². The molecule has 146 valence electrons. The summed E-state index contributed by atoms with van der Waals surface area (Å²) in [6.45, 7) is 2.30. The van der Waals surface area contributed by atoms with E-state index >= 15 is 0 Å². The minimum atomic E-state index is 0. The van der Waals surface area contributed by atoms with Crippen molar-refractivity contribution in [3.8, 4) is 11.3 Å². The Kier molecular flexibility index (Phi) is 6.85. The number of hydrogen-bond donors (Lipinski definition) is 1. The molecule has 0 spiro atoms. The number of carbonyl (C=O) groups is 1. The van der Waals surface area contributed by atoms with Gasteiger partial charge in [0.05, 0.1) is 6.04 Å². The second-order valence-corrected chi connectivity index (χ2v) is 6.73. The van der Waals surface area contributed by atoms with Crippen LogP contribution in [0.3, 0.4) is 0 Å². The first-order valence-electron chi connectivity index (χ1n) is 9.35. The molecule has 3 aromatic rings. The van der Waals surface area contributed by atoms with Gasteiger partial charge in [0.2, 0.25) is 5.91 Å². The largest absolute Gasteiger partial charge is 0.461 e. The maximum Gasteiger partial charge on any atom is 0.223 e. The van der Waals surface area contributed by atoms with E-state index < -0.39 is 0 Å². The van der Waals surface area contributed by atoms with E-state index in [-0.39, 0.29) is 24.4 Å². The van der Waals surface area contributed by atoms with Gasteiger partial charge in [-0.25, -0.2) is 0 Å². The van der Waals surface area contributed by atoms with Crippen LogP contribution in [0.5, 0.6) is 0 Å². The molecule has 1 amide bonds. The maximum atomic E-state index is 12.9. The summed E-state index contributed by atoms with van der Waals surface area (Å²) in [6, 6.07) is 17.9. The number of nitrogens with zero attached hydrogens (tertiary/aromatic N) is 2. The third-order valence-electron chi connectivity index (χ3n) is 4.94. The lowest BCUT2D eigenvalue weighted by molar-refractivity contribution is -0.134. The molecular weight excluding hydrogens is 374 g/mol. The van der Waals surface area contributed by atoms with Crippen LogP contribution in [0.2, 0.25) is 0 Å². The van der Waals surface area contributed by atoms with E-state index in [0.717, 1.165) is 35.7 Å². The highest BCUT2D eigenvalue weighted by atomic mass is 35.5. The summed E-state index contributed by atoms with van der Waals surface area (Å²) in [5, 5.41) is 3.37. The van der Waals surface area contributed by atoms with Gasteiger partial charge in [0.25, 0.3) is 0 Å². The molecule has 28 heavy (non-hydrogen) atoms. The number of aromatic nitrogens is 1. The van der Waals surface area contributed by atoms with E-state index in [1.807, 2.05) is 65.7 Å². The Morgan fingerprint density at radius 1 is 1.14 bits per heavy atom. The number of hydrogen-bond acceptors (Lipinski definition) is 4. The van der Waals surface area contributed by atoms with Crippen molar-refractivity contribution in [2.45, 2.75) is 18.9 Å². The Labute approximate surface area is 171 Å². The molecule has 1 aromatic carbocycles. The number of pyridine rings is 1. The summed E-state index contributed by atoms with van der Waals surface area (Å²) in [5.41, 5.74) is 2.12. The SMILES string of the molecule is Cl.O=C(CCc1ccc(-c2ccccc2)o1)N1CCNCC1c1cccnc1. The number of aryl methyl sites for hydroxylation is 1. The molecule has 4 rings (SSSR count). The summed E-state index contributed by atoms with van der Waals surface area (Å²) in [7, 11) is 0. The number of benzene rings is 1. The molecule has 1 N–H and O–H groups in total. The van der Waals surface area contributed by atoms with Crippen LogP contribution < -0.4 is 5.32 Å². The second-order valence-electron chi connectivity index (χ2n) is 6.73. The molecule has 0 saturated carbocycles. The topological polar surface area (TPSA) is 58.4 Å². The molecule has 3 heterocycles. The minimum absolute atomic E-state index is 0. The summed E-state index contributed by atoms with van der Waals surface area (Å²) in [4.78, 5) is 19.0. The molecule has 2 aromatic heterocycles. The van der Waals surface area contributed by atoms with E-state index in [1.165, 1.54) is 0 Å². The lowest BCUT2D eigenvalue weighted by Crippen LogP contribution is -2.48.